The van der Waals surface area contributed by atoms with Gasteiger partial charge in [-0.15, -0.1) is 0 Å². The molecule has 1 aliphatic heterocycles. The zero-order chi connectivity index (χ0) is 21.4. The lowest BCUT2D eigenvalue weighted by molar-refractivity contribution is 0.0963. The highest BCUT2D eigenvalue weighted by molar-refractivity contribution is 5.94. The number of hydrogen-bond donors (Lipinski definition) is 1. The van der Waals surface area contributed by atoms with Crippen molar-refractivity contribution in [1.29, 1.82) is 0 Å². The molecular formula is C27H34N2O2. The molecule has 3 atom stereocenters. The van der Waals surface area contributed by atoms with Crippen LogP contribution in [0.1, 0.15) is 60.4 Å². The van der Waals surface area contributed by atoms with Crippen LogP contribution in [0.4, 0.5) is 0 Å². The van der Waals surface area contributed by atoms with Crippen LogP contribution in [0.2, 0.25) is 0 Å². The Morgan fingerprint density at radius 1 is 0.968 bits per heavy atom. The van der Waals surface area contributed by atoms with Gasteiger partial charge in [-0.1, -0.05) is 24.6 Å². The predicted molar refractivity (Wildman–Crippen MR) is 125 cm³/mol. The van der Waals surface area contributed by atoms with E-state index >= 15 is 0 Å². The molecule has 4 nitrogen and oxygen atoms in total. The third-order valence-corrected chi connectivity index (χ3v) is 8.08. The summed E-state index contributed by atoms with van der Waals surface area (Å²) in [6.45, 7) is 2.43. The van der Waals surface area contributed by atoms with Crippen LogP contribution in [0.15, 0.2) is 42.5 Å². The highest BCUT2D eigenvalue weighted by Crippen LogP contribution is 2.48. The molecule has 2 bridgehead atoms. The standard InChI is InChI=1S/C27H34N2O2/c1-28-27(30)21-7-5-19(6-8-21)22-9-10-26(31-2)24(17-22)20-11-13-29(14-12-20)25-16-18-3-4-23(25)15-18/h5-10,17-18,20,23,25H,3-4,11-16H2,1-2H3,(H,28,30)/t18-,23?,25-/m0/s1. The minimum absolute atomic E-state index is 0.0517. The maximum atomic E-state index is 11.8. The van der Waals surface area contributed by atoms with E-state index in [2.05, 4.69) is 28.4 Å². The number of fused-ring (bicyclic) bond motifs is 2. The molecule has 3 fully saturated rings. The molecule has 2 aromatic rings. The van der Waals surface area contributed by atoms with Crippen LogP contribution in [-0.2, 0) is 0 Å². The molecular weight excluding hydrogens is 384 g/mol. The lowest BCUT2D eigenvalue weighted by Gasteiger charge is -2.40. The van der Waals surface area contributed by atoms with Gasteiger partial charge in [0.05, 0.1) is 7.11 Å². The second kappa shape index (κ2) is 8.66. The highest BCUT2D eigenvalue weighted by Gasteiger charge is 2.43. The van der Waals surface area contributed by atoms with Gasteiger partial charge in [-0.2, -0.15) is 0 Å². The number of nitrogens with one attached hydrogen (secondary N) is 1. The molecule has 1 amide bonds. The number of nitrogens with zero attached hydrogens (tertiary/aromatic N) is 1. The summed E-state index contributed by atoms with van der Waals surface area (Å²) < 4.78 is 5.75. The molecule has 5 rings (SSSR count). The Morgan fingerprint density at radius 2 is 1.71 bits per heavy atom. The van der Waals surface area contributed by atoms with E-state index in [4.69, 9.17) is 4.74 Å². The molecule has 1 saturated heterocycles. The number of amides is 1. The van der Waals surface area contributed by atoms with Crippen molar-refractivity contribution in [3.63, 3.8) is 0 Å². The topological polar surface area (TPSA) is 41.6 Å². The van der Waals surface area contributed by atoms with Crippen molar-refractivity contribution in [2.24, 2.45) is 11.8 Å². The van der Waals surface area contributed by atoms with Gasteiger partial charge in [0.1, 0.15) is 5.75 Å². The number of carbonyl (C=O) groups excluding carboxylic acids is 1. The molecule has 31 heavy (non-hydrogen) atoms. The first-order valence-electron chi connectivity index (χ1n) is 11.9. The molecule has 4 heteroatoms. The summed E-state index contributed by atoms with van der Waals surface area (Å²) in [5.74, 6) is 3.49. The maximum Gasteiger partial charge on any atom is 0.251 e. The highest BCUT2D eigenvalue weighted by atomic mass is 16.5. The Bertz CT molecular complexity index is 931. The number of carbonyl (C=O) groups is 1. The monoisotopic (exact) mass is 418 g/mol. The molecule has 164 valence electrons. The molecule has 1 N–H and O–H groups in total. The molecule has 3 aliphatic rings. The van der Waals surface area contributed by atoms with Crippen LogP contribution in [0, 0.1) is 11.8 Å². The minimum atomic E-state index is -0.0517. The quantitative estimate of drug-likeness (QED) is 0.735. The lowest BCUT2D eigenvalue weighted by Crippen LogP contribution is -2.43. The van der Waals surface area contributed by atoms with E-state index in [-0.39, 0.29) is 5.91 Å². The van der Waals surface area contributed by atoms with E-state index in [9.17, 15) is 4.79 Å². The van der Waals surface area contributed by atoms with Gasteiger partial charge in [0, 0.05) is 18.7 Å². The SMILES string of the molecule is CNC(=O)c1ccc(-c2ccc(OC)c(C3CCN([C@H]4C[C@H]5CCC4C5)CC3)c2)cc1. The summed E-state index contributed by atoms with van der Waals surface area (Å²) in [7, 11) is 3.44. The van der Waals surface area contributed by atoms with Crippen molar-refractivity contribution >= 4 is 5.91 Å². The third-order valence-electron chi connectivity index (χ3n) is 8.08. The summed E-state index contributed by atoms with van der Waals surface area (Å²) in [6.07, 6.45) is 8.29. The smallest absolute Gasteiger partial charge is 0.251 e. The number of methoxy groups -OCH3 is 1. The van der Waals surface area contributed by atoms with E-state index in [0.29, 0.717) is 11.5 Å². The molecule has 0 radical (unpaired) electrons. The van der Waals surface area contributed by atoms with Crippen molar-refractivity contribution in [1.82, 2.24) is 10.2 Å². The summed E-state index contributed by atoms with van der Waals surface area (Å²) in [5.41, 5.74) is 4.35. The van der Waals surface area contributed by atoms with Gasteiger partial charge in [-0.05, 0) is 104 Å². The summed E-state index contributed by atoms with van der Waals surface area (Å²) in [5, 5.41) is 2.68. The van der Waals surface area contributed by atoms with Crippen molar-refractivity contribution < 1.29 is 9.53 Å². The van der Waals surface area contributed by atoms with Crippen molar-refractivity contribution in [2.75, 3.05) is 27.2 Å². The number of ether oxygens (including phenoxy) is 1. The number of likely N-dealkylation sites (tertiary alicyclic amines) is 1. The molecule has 0 aromatic heterocycles. The van der Waals surface area contributed by atoms with Crippen LogP contribution >= 0.6 is 0 Å². The Morgan fingerprint density at radius 3 is 2.32 bits per heavy atom. The van der Waals surface area contributed by atoms with E-state index in [0.717, 1.165) is 29.2 Å². The van der Waals surface area contributed by atoms with Crippen molar-refractivity contribution in [3.05, 3.63) is 53.6 Å². The van der Waals surface area contributed by atoms with Gasteiger partial charge >= 0.3 is 0 Å². The largest absolute Gasteiger partial charge is 0.496 e. The molecule has 2 saturated carbocycles. The first kappa shape index (κ1) is 20.6. The van der Waals surface area contributed by atoms with Gasteiger partial charge in [-0.25, -0.2) is 0 Å². The van der Waals surface area contributed by atoms with E-state index in [1.807, 2.05) is 24.3 Å². The van der Waals surface area contributed by atoms with Gasteiger partial charge in [0.2, 0.25) is 0 Å². The average Bonchev–Trinajstić information content (AvgIpc) is 3.47. The predicted octanol–water partition coefficient (Wildman–Crippen LogP) is 5.09. The molecule has 2 aliphatic carbocycles. The Balaban J connectivity index is 1.31. The summed E-state index contributed by atoms with van der Waals surface area (Å²) >= 11 is 0. The molecule has 1 unspecified atom stereocenters. The zero-order valence-corrected chi connectivity index (χ0v) is 18.8. The number of piperidine rings is 1. The summed E-state index contributed by atoms with van der Waals surface area (Å²) in [4.78, 5) is 14.6. The number of benzene rings is 2. The normalized spacial score (nSPS) is 26.2. The van der Waals surface area contributed by atoms with E-state index < -0.39 is 0 Å². The molecule has 0 spiro atoms. The van der Waals surface area contributed by atoms with Crippen LogP contribution in [-0.4, -0.2) is 44.1 Å². The minimum Gasteiger partial charge on any atom is -0.496 e. The van der Waals surface area contributed by atoms with Crippen molar-refractivity contribution in [3.8, 4) is 16.9 Å². The fourth-order valence-corrected chi connectivity index (χ4v) is 6.39. The van der Waals surface area contributed by atoms with E-state index in [1.165, 1.54) is 62.7 Å². The van der Waals surface area contributed by atoms with Crippen LogP contribution in [0.3, 0.4) is 0 Å². The first-order valence-corrected chi connectivity index (χ1v) is 11.9. The second-order valence-corrected chi connectivity index (χ2v) is 9.67. The number of hydrogen-bond acceptors (Lipinski definition) is 3. The fourth-order valence-electron chi connectivity index (χ4n) is 6.39. The Hall–Kier alpha value is -2.33. The van der Waals surface area contributed by atoms with Crippen LogP contribution < -0.4 is 10.1 Å². The Kier molecular flexibility index (Phi) is 5.75. The van der Waals surface area contributed by atoms with Gasteiger partial charge in [0.25, 0.3) is 5.91 Å². The van der Waals surface area contributed by atoms with Gasteiger partial charge in [-0.3, -0.25) is 4.79 Å². The van der Waals surface area contributed by atoms with Gasteiger partial charge in [0.15, 0.2) is 0 Å². The van der Waals surface area contributed by atoms with Gasteiger partial charge < -0.3 is 15.0 Å². The van der Waals surface area contributed by atoms with Crippen LogP contribution in [0.25, 0.3) is 11.1 Å². The summed E-state index contributed by atoms with van der Waals surface area (Å²) in [6, 6.07) is 15.3. The molecule has 1 heterocycles. The zero-order valence-electron chi connectivity index (χ0n) is 18.8. The number of rotatable bonds is 5. The third kappa shape index (κ3) is 3.98. The molecule has 2 aromatic carbocycles. The second-order valence-electron chi connectivity index (χ2n) is 9.67. The van der Waals surface area contributed by atoms with E-state index in [1.54, 1.807) is 14.2 Å². The van der Waals surface area contributed by atoms with Crippen molar-refractivity contribution in [2.45, 2.75) is 50.5 Å². The Labute approximate surface area is 186 Å². The fraction of sp³-hybridized carbons (Fsp3) is 0.519. The maximum absolute atomic E-state index is 11.8. The lowest BCUT2D eigenvalue weighted by atomic mass is 9.85. The first-order chi connectivity index (χ1) is 15.2. The van der Waals surface area contributed by atoms with Crippen LogP contribution in [0.5, 0.6) is 5.75 Å². The average molecular weight is 419 g/mol.